The van der Waals surface area contributed by atoms with Gasteiger partial charge >= 0.3 is 12.0 Å². The van der Waals surface area contributed by atoms with Crippen molar-refractivity contribution >= 4 is 33.6 Å². The SMILES string of the molecule is Cc1cc(Br)cc(C)c1NC(=O)N(C)CC(=O)O. The molecule has 0 saturated heterocycles. The first-order valence-corrected chi connectivity index (χ1v) is 6.11. The van der Waals surface area contributed by atoms with E-state index in [4.69, 9.17) is 5.11 Å². The van der Waals surface area contributed by atoms with Crippen molar-refractivity contribution in [1.82, 2.24) is 4.90 Å². The van der Waals surface area contributed by atoms with Crippen LogP contribution in [0, 0.1) is 13.8 Å². The lowest BCUT2D eigenvalue weighted by Gasteiger charge is -2.18. The van der Waals surface area contributed by atoms with Gasteiger partial charge in [-0.05, 0) is 37.1 Å². The number of halogens is 1. The summed E-state index contributed by atoms with van der Waals surface area (Å²) in [6.07, 6.45) is 0. The van der Waals surface area contributed by atoms with Gasteiger partial charge in [-0.15, -0.1) is 0 Å². The number of hydrogen-bond donors (Lipinski definition) is 2. The maximum atomic E-state index is 11.8. The zero-order valence-electron chi connectivity index (χ0n) is 10.5. The fourth-order valence-electron chi connectivity index (χ4n) is 1.58. The van der Waals surface area contributed by atoms with E-state index in [1.807, 2.05) is 26.0 Å². The Morgan fingerprint density at radius 1 is 1.33 bits per heavy atom. The molecular weight excluding hydrogens is 300 g/mol. The molecule has 0 spiro atoms. The summed E-state index contributed by atoms with van der Waals surface area (Å²) in [6, 6.07) is 3.34. The minimum Gasteiger partial charge on any atom is -0.480 e. The molecular formula is C12H15BrN2O3. The third-order valence-electron chi connectivity index (χ3n) is 2.45. The molecule has 0 fully saturated rings. The van der Waals surface area contributed by atoms with Gasteiger partial charge in [-0.1, -0.05) is 15.9 Å². The molecule has 0 radical (unpaired) electrons. The first-order chi connectivity index (χ1) is 8.31. The number of urea groups is 1. The molecule has 5 nitrogen and oxygen atoms in total. The molecule has 0 aliphatic rings. The van der Waals surface area contributed by atoms with E-state index >= 15 is 0 Å². The average Bonchev–Trinajstić information content (AvgIpc) is 2.21. The maximum Gasteiger partial charge on any atom is 0.323 e. The van der Waals surface area contributed by atoms with Gasteiger partial charge in [0.1, 0.15) is 6.54 Å². The van der Waals surface area contributed by atoms with Crippen LogP contribution >= 0.6 is 15.9 Å². The Kier molecular flexibility index (Phi) is 4.72. The van der Waals surface area contributed by atoms with Gasteiger partial charge in [0.15, 0.2) is 0 Å². The molecule has 98 valence electrons. The van der Waals surface area contributed by atoms with Crippen LogP contribution in [0.4, 0.5) is 10.5 Å². The molecule has 1 rings (SSSR count). The van der Waals surface area contributed by atoms with Crippen LogP contribution in [0.2, 0.25) is 0 Å². The van der Waals surface area contributed by atoms with Crippen molar-refractivity contribution in [3.05, 3.63) is 27.7 Å². The van der Waals surface area contributed by atoms with E-state index in [9.17, 15) is 9.59 Å². The highest BCUT2D eigenvalue weighted by molar-refractivity contribution is 9.10. The van der Waals surface area contributed by atoms with Crippen molar-refractivity contribution < 1.29 is 14.7 Å². The van der Waals surface area contributed by atoms with Crippen molar-refractivity contribution in [2.24, 2.45) is 0 Å². The number of aliphatic carboxylic acids is 1. The Bertz CT molecular complexity index is 465. The van der Waals surface area contributed by atoms with Crippen LogP contribution in [0.25, 0.3) is 0 Å². The molecule has 0 atom stereocenters. The van der Waals surface area contributed by atoms with Crippen LogP contribution in [0.3, 0.4) is 0 Å². The second kappa shape index (κ2) is 5.86. The fraction of sp³-hybridized carbons (Fsp3) is 0.333. The Hall–Kier alpha value is -1.56. The van der Waals surface area contributed by atoms with Crippen molar-refractivity contribution in [1.29, 1.82) is 0 Å². The Labute approximate surface area is 114 Å². The number of nitrogens with one attached hydrogen (secondary N) is 1. The van der Waals surface area contributed by atoms with E-state index in [1.165, 1.54) is 7.05 Å². The molecule has 2 amide bonds. The standard InChI is InChI=1S/C12H15BrN2O3/c1-7-4-9(13)5-8(2)11(7)14-12(18)15(3)6-10(16)17/h4-5H,6H2,1-3H3,(H,14,18)(H,16,17). The smallest absolute Gasteiger partial charge is 0.323 e. The lowest BCUT2D eigenvalue weighted by molar-refractivity contribution is -0.137. The number of anilines is 1. The number of benzene rings is 1. The molecule has 0 unspecified atom stereocenters. The molecule has 1 aromatic rings. The predicted molar refractivity (Wildman–Crippen MR) is 72.9 cm³/mol. The van der Waals surface area contributed by atoms with E-state index in [1.54, 1.807) is 0 Å². The summed E-state index contributed by atoms with van der Waals surface area (Å²) in [5.41, 5.74) is 2.54. The number of amides is 2. The van der Waals surface area contributed by atoms with Gasteiger partial charge in [-0.25, -0.2) is 4.79 Å². The van der Waals surface area contributed by atoms with Gasteiger partial charge in [0.05, 0.1) is 0 Å². The van der Waals surface area contributed by atoms with Crippen LogP contribution in [0.15, 0.2) is 16.6 Å². The van der Waals surface area contributed by atoms with Crippen LogP contribution < -0.4 is 5.32 Å². The Morgan fingerprint density at radius 3 is 2.28 bits per heavy atom. The second-order valence-corrected chi connectivity index (χ2v) is 5.01. The molecule has 18 heavy (non-hydrogen) atoms. The minimum atomic E-state index is -1.04. The number of hydrogen-bond acceptors (Lipinski definition) is 2. The minimum absolute atomic E-state index is 0.333. The Morgan fingerprint density at radius 2 is 1.83 bits per heavy atom. The van der Waals surface area contributed by atoms with E-state index in [-0.39, 0.29) is 6.54 Å². The summed E-state index contributed by atoms with van der Waals surface area (Å²) in [5, 5.41) is 11.3. The van der Waals surface area contributed by atoms with Crippen LogP contribution in [0.1, 0.15) is 11.1 Å². The van der Waals surface area contributed by atoms with E-state index in [2.05, 4.69) is 21.2 Å². The quantitative estimate of drug-likeness (QED) is 0.901. The number of carbonyl (C=O) groups is 2. The Balaban J connectivity index is 2.85. The lowest BCUT2D eigenvalue weighted by atomic mass is 10.1. The van der Waals surface area contributed by atoms with Crippen LogP contribution in [-0.4, -0.2) is 35.6 Å². The van der Waals surface area contributed by atoms with Gasteiger partial charge in [-0.3, -0.25) is 4.79 Å². The topological polar surface area (TPSA) is 69.6 Å². The van der Waals surface area contributed by atoms with Crippen LogP contribution in [0.5, 0.6) is 0 Å². The van der Waals surface area contributed by atoms with Crippen molar-refractivity contribution in [3.8, 4) is 0 Å². The maximum absolute atomic E-state index is 11.8. The molecule has 0 heterocycles. The number of carboxylic acid groups (broad SMARTS) is 1. The molecule has 0 aliphatic carbocycles. The summed E-state index contributed by atoms with van der Waals surface area (Å²) < 4.78 is 0.939. The van der Waals surface area contributed by atoms with Crippen LogP contribution in [-0.2, 0) is 4.79 Å². The molecule has 0 aromatic heterocycles. The zero-order chi connectivity index (χ0) is 13.9. The predicted octanol–water partition coefficient (Wildman–Crippen LogP) is 2.61. The number of rotatable bonds is 3. The van der Waals surface area contributed by atoms with E-state index < -0.39 is 12.0 Å². The van der Waals surface area contributed by atoms with Gasteiger partial charge in [-0.2, -0.15) is 0 Å². The van der Waals surface area contributed by atoms with Gasteiger partial charge in [0, 0.05) is 17.2 Å². The van der Waals surface area contributed by atoms with E-state index in [0.29, 0.717) is 5.69 Å². The first kappa shape index (κ1) is 14.5. The van der Waals surface area contributed by atoms with E-state index in [0.717, 1.165) is 20.5 Å². The first-order valence-electron chi connectivity index (χ1n) is 5.32. The third kappa shape index (κ3) is 3.73. The third-order valence-corrected chi connectivity index (χ3v) is 2.91. The summed E-state index contributed by atoms with van der Waals surface area (Å²) in [6.45, 7) is 3.43. The average molecular weight is 315 g/mol. The number of nitrogens with zero attached hydrogens (tertiary/aromatic N) is 1. The summed E-state index contributed by atoms with van der Waals surface area (Å²) in [4.78, 5) is 23.4. The molecule has 1 aromatic carbocycles. The molecule has 0 saturated carbocycles. The second-order valence-electron chi connectivity index (χ2n) is 4.09. The van der Waals surface area contributed by atoms with Gasteiger partial charge in [0.2, 0.25) is 0 Å². The largest absolute Gasteiger partial charge is 0.480 e. The van der Waals surface area contributed by atoms with Crippen molar-refractivity contribution in [3.63, 3.8) is 0 Å². The number of carbonyl (C=O) groups excluding carboxylic acids is 1. The highest BCUT2D eigenvalue weighted by Crippen LogP contribution is 2.25. The summed E-state index contributed by atoms with van der Waals surface area (Å²) >= 11 is 3.37. The summed E-state index contributed by atoms with van der Waals surface area (Å²) in [5.74, 6) is -1.04. The number of aryl methyl sites for hydroxylation is 2. The normalized spacial score (nSPS) is 10.0. The zero-order valence-corrected chi connectivity index (χ0v) is 12.0. The summed E-state index contributed by atoms with van der Waals surface area (Å²) in [7, 11) is 1.44. The van der Waals surface area contributed by atoms with Gasteiger partial charge < -0.3 is 15.3 Å². The van der Waals surface area contributed by atoms with Crippen molar-refractivity contribution in [2.75, 3.05) is 18.9 Å². The molecule has 6 heteroatoms. The highest BCUT2D eigenvalue weighted by Gasteiger charge is 2.14. The molecule has 2 N–H and O–H groups in total. The lowest BCUT2D eigenvalue weighted by Crippen LogP contribution is -2.35. The van der Waals surface area contributed by atoms with Crippen molar-refractivity contribution in [2.45, 2.75) is 13.8 Å². The number of likely N-dealkylation sites (N-methyl/N-ethyl adjacent to an activating group) is 1. The molecule has 0 aliphatic heterocycles. The molecule has 0 bridgehead atoms. The van der Waals surface area contributed by atoms with Gasteiger partial charge in [0.25, 0.3) is 0 Å². The number of carboxylic acids is 1. The monoisotopic (exact) mass is 314 g/mol. The highest BCUT2D eigenvalue weighted by atomic mass is 79.9. The fourth-order valence-corrected chi connectivity index (χ4v) is 2.27.